The highest BCUT2D eigenvalue weighted by molar-refractivity contribution is 6.12. The second-order valence-electron chi connectivity index (χ2n) is 7.31. The minimum Gasteiger partial charge on any atom is -0.489 e. The summed E-state index contributed by atoms with van der Waals surface area (Å²) in [7, 11) is 0. The Hall–Kier alpha value is -4.37. The number of nitrogens with one attached hydrogen (secondary N) is 1. The van der Waals surface area contributed by atoms with Crippen molar-refractivity contribution >= 4 is 28.4 Å². The van der Waals surface area contributed by atoms with Crippen LogP contribution in [0.1, 0.15) is 22.6 Å². The van der Waals surface area contributed by atoms with E-state index >= 15 is 0 Å². The maximum Gasteiger partial charge on any atom is 0.266 e. The normalized spacial score (nSPS) is 11.2. The molecule has 1 aromatic heterocycles. The van der Waals surface area contributed by atoms with Gasteiger partial charge in [0.05, 0.1) is 11.3 Å². The van der Waals surface area contributed by atoms with Gasteiger partial charge in [0.25, 0.3) is 5.91 Å². The number of nitrogens with zero attached hydrogens (tertiary/aromatic N) is 2. The molecule has 0 aliphatic carbocycles. The van der Waals surface area contributed by atoms with Crippen LogP contribution in [0.15, 0.2) is 76.8 Å². The number of carbonyl (C=O) groups excluding carboxylic acids is 1. The molecule has 4 aromatic rings. The van der Waals surface area contributed by atoms with E-state index in [2.05, 4.69) is 10.5 Å². The lowest BCUT2D eigenvalue weighted by Crippen LogP contribution is -2.13. The first-order valence-electron chi connectivity index (χ1n) is 10.1. The fraction of sp³-hybridized carbons (Fsp3) is 0.115. The Morgan fingerprint density at radius 3 is 2.56 bits per heavy atom. The predicted molar refractivity (Wildman–Crippen MR) is 123 cm³/mol. The van der Waals surface area contributed by atoms with Crippen LogP contribution in [-0.2, 0) is 11.4 Å². The van der Waals surface area contributed by atoms with Crippen LogP contribution in [0.4, 0.5) is 5.69 Å². The number of benzene rings is 3. The van der Waals surface area contributed by atoms with E-state index in [1.165, 1.54) is 0 Å². The first-order chi connectivity index (χ1) is 15.5. The average Bonchev–Trinajstić information content (AvgIpc) is 3.14. The van der Waals surface area contributed by atoms with Crippen LogP contribution in [0.25, 0.3) is 16.8 Å². The highest BCUT2D eigenvalue weighted by Crippen LogP contribution is 2.24. The van der Waals surface area contributed by atoms with Gasteiger partial charge in [-0.3, -0.25) is 4.79 Å². The van der Waals surface area contributed by atoms with Crippen LogP contribution in [0, 0.1) is 25.2 Å². The lowest BCUT2D eigenvalue weighted by atomic mass is 10.1. The monoisotopic (exact) mass is 423 g/mol. The zero-order valence-electron chi connectivity index (χ0n) is 17.8. The molecule has 0 radical (unpaired) electrons. The molecule has 0 aliphatic rings. The van der Waals surface area contributed by atoms with E-state index in [0.29, 0.717) is 18.0 Å². The van der Waals surface area contributed by atoms with Crippen molar-refractivity contribution in [3.8, 4) is 11.8 Å². The number of ether oxygens (including phenoxy) is 1. The molecule has 3 aromatic carbocycles. The molecule has 1 heterocycles. The molecular formula is C26H21N3O3. The van der Waals surface area contributed by atoms with Crippen molar-refractivity contribution < 1.29 is 14.1 Å². The molecule has 158 valence electrons. The molecule has 6 heteroatoms. The average molecular weight is 423 g/mol. The molecule has 0 saturated carbocycles. The Morgan fingerprint density at radius 2 is 1.84 bits per heavy atom. The van der Waals surface area contributed by atoms with E-state index < -0.39 is 5.91 Å². The highest BCUT2D eigenvalue weighted by Gasteiger charge is 2.12. The summed E-state index contributed by atoms with van der Waals surface area (Å²) in [6.45, 7) is 4.07. The molecule has 4 rings (SSSR count). The van der Waals surface area contributed by atoms with E-state index in [0.717, 1.165) is 33.4 Å². The molecule has 0 bridgehead atoms. The van der Waals surface area contributed by atoms with Gasteiger partial charge in [-0.1, -0.05) is 53.7 Å². The number of amides is 1. The minimum absolute atomic E-state index is 0.0160. The number of aromatic nitrogens is 1. The maximum atomic E-state index is 12.7. The van der Waals surface area contributed by atoms with Gasteiger partial charge in [0.15, 0.2) is 0 Å². The predicted octanol–water partition coefficient (Wildman–Crippen LogP) is 5.57. The van der Waals surface area contributed by atoms with Crippen LogP contribution in [0.2, 0.25) is 0 Å². The molecule has 0 unspecified atom stereocenters. The van der Waals surface area contributed by atoms with Crippen LogP contribution >= 0.6 is 0 Å². The Kier molecular flexibility index (Phi) is 6.00. The molecule has 0 spiro atoms. The number of anilines is 1. The van der Waals surface area contributed by atoms with Gasteiger partial charge in [-0.2, -0.15) is 5.26 Å². The third kappa shape index (κ3) is 4.52. The Morgan fingerprint density at radius 1 is 1.09 bits per heavy atom. The van der Waals surface area contributed by atoms with Crippen LogP contribution < -0.4 is 10.1 Å². The summed E-state index contributed by atoms with van der Waals surface area (Å²) in [6.07, 6.45) is 1.55. The van der Waals surface area contributed by atoms with Crippen LogP contribution in [-0.4, -0.2) is 11.1 Å². The summed E-state index contributed by atoms with van der Waals surface area (Å²) >= 11 is 0. The second-order valence-corrected chi connectivity index (χ2v) is 7.31. The van der Waals surface area contributed by atoms with Crippen LogP contribution in [0.3, 0.4) is 0 Å². The summed E-state index contributed by atoms with van der Waals surface area (Å²) in [4.78, 5) is 12.7. The molecule has 6 nitrogen and oxygen atoms in total. The smallest absolute Gasteiger partial charge is 0.266 e. The number of rotatable bonds is 6. The number of hydrogen-bond donors (Lipinski definition) is 1. The van der Waals surface area contributed by atoms with Crippen molar-refractivity contribution in [1.82, 2.24) is 5.16 Å². The standard InChI is InChI=1S/C26H21N3O3/c1-17-24(18(2)32-29-17)16-31-22-12-10-19(11-13-22)14-21(15-27)26(30)28-25-9-5-7-20-6-3-4-8-23(20)25/h3-14H,16H2,1-2H3,(H,28,30)/b21-14+. The third-order valence-corrected chi connectivity index (χ3v) is 5.16. The Balaban J connectivity index is 1.46. The lowest BCUT2D eigenvalue weighted by molar-refractivity contribution is -0.112. The van der Waals surface area contributed by atoms with Gasteiger partial charge in [-0.25, -0.2) is 0 Å². The zero-order chi connectivity index (χ0) is 22.5. The van der Waals surface area contributed by atoms with Gasteiger partial charge >= 0.3 is 0 Å². The molecule has 32 heavy (non-hydrogen) atoms. The third-order valence-electron chi connectivity index (χ3n) is 5.16. The van der Waals surface area contributed by atoms with Crippen LogP contribution in [0.5, 0.6) is 5.75 Å². The Labute approximate surface area is 185 Å². The van der Waals surface area contributed by atoms with Gasteiger partial charge < -0.3 is 14.6 Å². The first-order valence-corrected chi connectivity index (χ1v) is 10.1. The van der Waals surface area contributed by atoms with E-state index in [9.17, 15) is 10.1 Å². The summed E-state index contributed by atoms with van der Waals surface area (Å²) in [5.74, 6) is 0.946. The number of aryl methyl sites for hydroxylation is 2. The summed E-state index contributed by atoms with van der Waals surface area (Å²) in [5.41, 5.74) is 3.13. The molecule has 0 atom stereocenters. The van der Waals surface area contributed by atoms with Crippen molar-refractivity contribution in [3.05, 3.63) is 94.9 Å². The summed E-state index contributed by atoms with van der Waals surface area (Å²) in [6, 6.07) is 22.6. The van der Waals surface area contributed by atoms with Gasteiger partial charge in [0.2, 0.25) is 0 Å². The lowest BCUT2D eigenvalue weighted by Gasteiger charge is -2.08. The number of fused-ring (bicyclic) bond motifs is 1. The number of nitriles is 1. The molecule has 1 amide bonds. The topological polar surface area (TPSA) is 88.2 Å². The van der Waals surface area contributed by atoms with Gasteiger partial charge in [-0.05, 0) is 49.1 Å². The van der Waals surface area contributed by atoms with E-state index in [1.807, 2.05) is 62.4 Å². The molecule has 0 saturated heterocycles. The summed E-state index contributed by atoms with van der Waals surface area (Å²) in [5, 5.41) is 18.2. The fourth-order valence-corrected chi connectivity index (χ4v) is 3.36. The van der Waals surface area contributed by atoms with Gasteiger partial charge in [-0.15, -0.1) is 0 Å². The molecular weight excluding hydrogens is 402 g/mol. The highest BCUT2D eigenvalue weighted by atomic mass is 16.5. The number of hydrogen-bond acceptors (Lipinski definition) is 5. The van der Waals surface area contributed by atoms with Gasteiger partial charge in [0, 0.05) is 11.1 Å². The van der Waals surface area contributed by atoms with Crippen molar-refractivity contribution in [1.29, 1.82) is 5.26 Å². The zero-order valence-corrected chi connectivity index (χ0v) is 17.8. The largest absolute Gasteiger partial charge is 0.489 e. The molecule has 1 N–H and O–H groups in total. The first kappa shape index (κ1) is 20.9. The summed E-state index contributed by atoms with van der Waals surface area (Å²) < 4.78 is 10.9. The second kappa shape index (κ2) is 9.19. The maximum absolute atomic E-state index is 12.7. The van der Waals surface area contributed by atoms with Crippen molar-refractivity contribution in [2.45, 2.75) is 20.5 Å². The van der Waals surface area contributed by atoms with Crippen molar-refractivity contribution in [2.75, 3.05) is 5.32 Å². The van der Waals surface area contributed by atoms with Crippen molar-refractivity contribution in [2.24, 2.45) is 0 Å². The molecule has 0 fully saturated rings. The minimum atomic E-state index is -0.456. The van der Waals surface area contributed by atoms with Gasteiger partial charge in [0.1, 0.15) is 29.8 Å². The number of carbonyl (C=O) groups is 1. The van der Waals surface area contributed by atoms with Crippen molar-refractivity contribution in [3.63, 3.8) is 0 Å². The fourth-order valence-electron chi connectivity index (χ4n) is 3.36. The quantitative estimate of drug-likeness (QED) is 0.324. The van der Waals surface area contributed by atoms with E-state index in [4.69, 9.17) is 9.26 Å². The van der Waals surface area contributed by atoms with E-state index in [1.54, 1.807) is 30.3 Å². The Bertz CT molecular complexity index is 1320. The molecule has 0 aliphatic heterocycles. The SMILES string of the molecule is Cc1noc(C)c1COc1ccc(/C=C(\C#N)C(=O)Nc2cccc3ccccc23)cc1. The van der Waals surface area contributed by atoms with E-state index in [-0.39, 0.29) is 5.57 Å².